The van der Waals surface area contributed by atoms with Gasteiger partial charge in [-0.25, -0.2) is 0 Å². The molecule has 1 aliphatic rings. The van der Waals surface area contributed by atoms with Crippen LogP contribution >= 0.6 is 0 Å². The summed E-state index contributed by atoms with van der Waals surface area (Å²) in [5.74, 6) is -2.15. The highest BCUT2D eigenvalue weighted by Crippen LogP contribution is 2.43. The molecule has 0 radical (unpaired) electrons. The van der Waals surface area contributed by atoms with Gasteiger partial charge in [0.05, 0.1) is 24.3 Å². The van der Waals surface area contributed by atoms with E-state index in [1.54, 1.807) is 38.1 Å². The van der Waals surface area contributed by atoms with Gasteiger partial charge in [-0.15, -0.1) is 0 Å². The Balaban J connectivity index is 2.18. The topological polar surface area (TPSA) is 66.8 Å². The molecule has 1 heterocycles. The average molecular weight is 419 g/mol. The average Bonchev–Trinajstić information content (AvgIpc) is 2.97. The molecule has 0 spiro atoms. The minimum atomic E-state index is -4.61. The molecule has 3 rings (SSSR count). The minimum Gasteiger partial charge on any atom is -0.503 e. The highest BCUT2D eigenvalue weighted by molar-refractivity contribution is 6.16. The third-order valence-electron chi connectivity index (χ3n) is 4.88. The SMILES string of the molecule is COc1ccc(C2C(C(=O)C(C)C)=C(O)C(=O)N2c2cccc(C(F)(F)F)c2)cc1. The fourth-order valence-electron chi connectivity index (χ4n) is 3.37. The molecule has 5 nitrogen and oxygen atoms in total. The van der Waals surface area contributed by atoms with Crippen molar-refractivity contribution in [1.29, 1.82) is 0 Å². The number of ketones is 1. The van der Waals surface area contributed by atoms with Gasteiger partial charge in [-0.2, -0.15) is 13.2 Å². The number of anilines is 1. The maximum Gasteiger partial charge on any atom is 0.416 e. The summed E-state index contributed by atoms with van der Waals surface area (Å²) >= 11 is 0. The van der Waals surface area contributed by atoms with Crippen LogP contribution in [0.25, 0.3) is 0 Å². The first kappa shape index (κ1) is 21.4. The number of ether oxygens (including phenoxy) is 1. The molecule has 0 fully saturated rings. The largest absolute Gasteiger partial charge is 0.503 e. The number of benzene rings is 2. The van der Waals surface area contributed by atoms with E-state index in [1.807, 2.05) is 0 Å². The van der Waals surface area contributed by atoms with Crippen molar-refractivity contribution < 1.29 is 32.6 Å². The van der Waals surface area contributed by atoms with Gasteiger partial charge in [0, 0.05) is 11.6 Å². The summed E-state index contributed by atoms with van der Waals surface area (Å²) in [6.07, 6.45) is -4.61. The van der Waals surface area contributed by atoms with E-state index in [0.29, 0.717) is 11.3 Å². The molecule has 158 valence electrons. The first-order valence-electron chi connectivity index (χ1n) is 9.18. The summed E-state index contributed by atoms with van der Waals surface area (Å²) in [6, 6.07) is 9.57. The normalized spacial score (nSPS) is 17.1. The minimum absolute atomic E-state index is 0.0752. The van der Waals surface area contributed by atoms with Gasteiger partial charge in [0.15, 0.2) is 11.5 Å². The van der Waals surface area contributed by atoms with Crippen LogP contribution in [-0.2, 0) is 15.8 Å². The number of aliphatic hydroxyl groups is 1. The van der Waals surface area contributed by atoms with E-state index in [1.165, 1.54) is 19.2 Å². The van der Waals surface area contributed by atoms with Crippen LogP contribution in [0, 0.1) is 5.92 Å². The second kappa shape index (κ2) is 7.85. The molecule has 0 saturated heterocycles. The first-order chi connectivity index (χ1) is 14.1. The van der Waals surface area contributed by atoms with E-state index < -0.39 is 41.1 Å². The number of Topliss-reactive ketones (excluding diaryl/α,β-unsaturated/α-hetero) is 1. The van der Waals surface area contributed by atoms with Gasteiger partial charge in [-0.3, -0.25) is 14.5 Å². The molecule has 8 heteroatoms. The van der Waals surface area contributed by atoms with E-state index in [2.05, 4.69) is 0 Å². The molecular weight excluding hydrogens is 399 g/mol. The van der Waals surface area contributed by atoms with Crippen LogP contribution in [0.15, 0.2) is 59.9 Å². The molecule has 1 atom stereocenters. The number of halogens is 3. The smallest absolute Gasteiger partial charge is 0.416 e. The lowest BCUT2D eigenvalue weighted by Gasteiger charge is -2.28. The maximum atomic E-state index is 13.2. The van der Waals surface area contributed by atoms with Crippen LogP contribution in [-0.4, -0.2) is 23.9 Å². The summed E-state index contributed by atoms with van der Waals surface area (Å²) in [4.78, 5) is 26.7. The van der Waals surface area contributed by atoms with Gasteiger partial charge in [0.2, 0.25) is 0 Å². The van der Waals surface area contributed by atoms with E-state index >= 15 is 0 Å². The predicted octanol–water partition coefficient (Wildman–Crippen LogP) is 4.84. The quantitative estimate of drug-likeness (QED) is 0.753. The molecule has 0 bridgehead atoms. The molecule has 0 aromatic heterocycles. The third-order valence-corrected chi connectivity index (χ3v) is 4.88. The molecule has 30 heavy (non-hydrogen) atoms. The molecule has 0 saturated carbocycles. The number of methoxy groups -OCH3 is 1. The summed E-state index contributed by atoms with van der Waals surface area (Å²) in [6.45, 7) is 3.23. The van der Waals surface area contributed by atoms with Crippen molar-refractivity contribution in [2.75, 3.05) is 12.0 Å². The van der Waals surface area contributed by atoms with Crippen LogP contribution in [0.2, 0.25) is 0 Å². The zero-order valence-corrected chi connectivity index (χ0v) is 16.5. The van der Waals surface area contributed by atoms with E-state index in [4.69, 9.17) is 4.74 Å². The number of carbonyl (C=O) groups is 2. The molecule has 2 aromatic rings. The Bertz CT molecular complexity index is 1010. The number of aliphatic hydroxyl groups excluding tert-OH is 1. The zero-order chi connectivity index (χ0) is 22.2. The van der Waals surface area contributed by atoms with Crippen LogP contribution in [0.1, 0.15) is 31.0 Å². The second-order valence-electron chi connectivity index (χ2n) is 7.18. The van der Waals surface area contributed by atoms with Crippen LogP contribution < -0.4 is 9.64 Å². The highest BCUT2D eigenvalue weighted by atomic mass is 19.4. The van der Waals surface area contributed by atoms with Crippen molar-refractivity contribution in [2.24, 2.45) is 5.92 Å². The van der Waals surface area contributed by atoms with Gasteiger partial charge in [-0.05, 0) is 35.9 Å². The highest BCUT2D eigenvalue weighted by Gasteiger charge is 2.45. The Morgan fingerprint density at radius 1 is 1.13 bits per heavy atom. The fraction of sp³-hybridized carbons (Fsp3) is 0.273. The van der Waals surface area contributed by atoms with Crippen LogP contribution in [0.5, 0.6) is 5.75 Å². The summed E-state index contributed by atoms with van der Waals surface area (Å²) in [7, 11) is 1.47. The Labute approximate surface area is 171 Å². The van der Waals surface area contributed by atoms with Crippen molar-refractivity contribution in [3.63, 3.8) is 0 Å². The fourth-order valence-corrected chi connectivity index (χ4v) is 3.37. The lowest BCUT2D eigenvalue weighted by atomic mass is 9.91. The third kappa shape index (κ3) is 3.77. The van der Waals surface area contributed by atoms with Crippen molar-refractivity contribution >= 4 is 17.4 Å². The molecular formula is C22H20F3NO4. The van der Waals surface area contributed by atoms with Crippen molar-refractivity contribution in [3.05, 3.63) is 71.0 Å². The van der Waals surface area contributed by atoms with Crippen molar-refractivity contribution in [1.82, 2.24) is 0 Å². The van der Waals surface area contributed by atoms with Gasteiger partial charge < -0.3 is 9.84 Å². The van der Waals surface area contributed by atoms with Gasteiger partial charge >= 0.3 is 6.18 Å². The Kier molecular flexibility index (Phi) is 5.61. The number of alkyl halides is 3. The number of nitrogens with zero attached hydrogens (tertiary/aromatic N) is 1. The lowest BCUT2D eigenvalue weighted by molar-refractivity contribution is -0.137. The molecule has 1 amide bonds. The number of hydrogen-bond donors (Lipinski definition) is 1. The van der Waals surface area contributed by atoms with E-state index in [-0.39, 0.29) is 11.3 Å². The van der Waals surface area contributed by atoms with Crippen LogP contribution in [0.4, 0.5) is 18.9 Å². The molecule has 1 aliphatic heterocycles. The standard InChI is InChI=1S/C22H20F3NO4/c1-12(2)19(27)17-18(13-7-9-16(30-3)10-8-13)26(21(29)20(17)28)15-6-4-5-14(11-15)22(23,24)25/h4-12,18,28H,1-3H3. The summed E-state index contributed by atoms with van der Waals surface area (Å²) in [5, 5.41) is 10.5. The van der Waals surface area contributed by atoms with Gasteiger partial charge in [0.25, 0.3) is 5.91 Å². The summed E-state index contributed by atoms with van der Waals surface area (Å²) in [5.41, 5.74) is -0.703. The Hall–Kier alpha value is -3.29. The van der Waals surface area contributed by atoms with Crippen LogP contribution in [0.3, 0.4) is 0 Å². The maximum absolute atomic E-state index is 13.2. The molecule has 1 unspecified atom stereocenters. The Morgan fingerprint density at radius 2 is 1.77 bits per heavy atom. The molecule has 2 aromatic carbocycles. The van der Waals surface area contributed by atoms with Crippen molar-refractivity contribution in [2.45, 2.75) is 26.1 Å². The summed E-state index contributed by atoms with van der Waals surface area (Å²) < 4.78 is 44.8. The number of rotatable bonds is 5. The number of hydrogen-bond acceptors (Lipinski definition) is 4. The van der Waals surface area contributed by atoms with Crippen molar-refractivity contribution in [3.8, 4) is 5.75 Å². The Morgan fingerprint density at radius 3 is 2.30 bits per heavy atom. The number of amides is 1. The van der Waals surface area contributed by atoms with E-state index in [0.717, 1.165) is 17.0 Å². The zero-order valence-electron chi connectivity index (χ0n) is 16.5. The van der Waals surface area contributed by atoms with Gasteiger partial charge in [0.1, 0.15) is 5.75 Å². The predicted molar refractivity (Wildman–Crippen MR) is 104 cm³/mol. The second-order valence-corrected chi connectivity index (χ2v) is 7.18. The number of carbonyl (C=O) groups excluding carboxylic acids is 2. The lowest BCUT2D eigenvalue weighted by Crippen LogP contribution is -2.31. The monoisotopic (exact) mass is 419 g/mol. The molecule has 0 aliphatic carbocycles. The van der Waals surface area contributed by atoms with E-state index in [9.17, 15) is 27.9 Å². The van der Waals surface area contributed by atoms with Gasteiger partial charge in [-0.1, -0.05) is 32.0 Å². The first-order valence-corrected chi connectivity index (χ1v) is 9.18. The molecule has 1 N–H and O–H groups in total.